The molecule has 0 spiro atoms. The molecule has 0 aliphatic carbocycles. The van der Waals surface area contributed by atoms with Crippen LogP contribution in [0.3, 0.4) is 0 Å². The lowest BCUT2D eigenvalue weighted by atomic mass is 9.90. The summed E-state index contributed by atoms with van der Waals surface area (Å²) in [5, 5.41) is 0. The maximum atomic E-state index is 12.7. The predicted molar refractivity (Wildman–Crippen MR) is 101 cm³/mol. The lowest BCUT2D eigenvalue weighted by molar-refractivity contribution is -0.155. The van der Waals surface area contributed by atoms with Crippen LogP contribution in [-0.4, -0.2) is 17.5 Å². The van der Waals surface area contributed by atoms with Crippen molar-refractivity contribution < 1.29 is 19.1 Å². The summed E-state index contributed by atoms with van der Waals surface area (Å²) < 4.78 is 10.9. The molecular weight excluding hydrogens is 340 g/mol. The molecule has 0 amide bonds. The van der Waals surface area contributed by atoms with Gasteiger partial charge in [-0.15, -0.1) is 0 Å². The number of carbonyl (C=O) groups is 2. The fourth-order valence-corrected chi connectivity index (χ4v) is 3.21. The van der Waals surface area contributed by atoms with Crippen molar-refractivity contribution in [1.29, 1.82) is 0 Å². The van der Waals surface area contributed by atoms with Crippen LogP contribution in [0, 0.1) is 0 Å². The van der Waals surface area contributed by atoms with Crippen LogP contribution in [0.15, 0.2) is 78.9 Å². The number of hydrogen-bond donors (Lipinski definition) is 0. The van der Waals surface area contributed by atoms with Gasteiger partial charge in [0.05, 0.1) is 5.56 Å². The van der Waals surface area contributed by atoms with Crippen LogP contribution in [0.4, 0.5) is 0 Å². The first-order valence-electron chi connectivity index (χ1n) is 8.74. The minimum absolute atomic E-state index is 0.288. The molecule has 4 nitrogen and oxygen atoms in total. The topological polar surface area (TPSA) is 52.6 Å². The van der Waals surface area contributed by atoms with Crippen LogP contribution in [0.2, 0.25) is 0 Å². The van der Waals surface area contributed by atoms with Crippen LogP contribution < -0.4 is 4.74 Å². The van der Waals surface area contributed by atoms with E-state index in [0.29, 0.717) is 11.3 Å². The number of rotatable bonds is 3. The molecule has 0 fully saturated rings. The molecule has 4 rings (SSSR count). The van der Waals surface area contributed by atoms with Crippen molar-refractivity contribution in [1.82, 2.24) is 0 Å². The van der Waals surface area contributed by atoms with Gasteiger partial charge in [0.25, 0.3) is 0 Å². The number of hydrogen-bond acceptors (Lipinski definition) is 4. The van der Waals surface area contributed by atoms with Gasteiger partial charge in [-0.25, -0.2) is 9.59 Å². The summed E-state index contributed by atoms with van der Waals surface area (Å²) in [6.07, 6.45) is 0.288. The van der Waals surface area contributed by atoms with Crippen molar-refractivity contribution in [2.45, 2.75) is 18.9 Å². The summed E-state index contributed by atoms with van der Waals surface area (Å²) in [4.78, 5) is 24.9. The summed E-state index contributed by atoms with van der Waals surface area (Å²) in [6.45, 7) is 1.58. The summed E-state index contributed by atoms with van der Waals surface area (Å²) in [5.74, 6) is -0.677. The highest BCUT2D eigenvalue weighted by molar-refractivity contribution is 5.96. The molecule has 0 bridgehead atoms. The number of cyclic esters (lactones) is 1. The zero-order valence-electron chi connectivity index (χ0n) is 14.8. The Bertz CT molecular complexity index is 992. The summed E-state index contributed by atoms with van der Waals surface area (Å²) in [6, 6.07) is 24.3. The summed E-state index contributed by atoms with van der Waals surface area (Å²) in [7, 11) is 0. The summed E-state index contributed by atoms with van der Waals surface area (Å²) in [5.41, 5.74) is 2.05. The van der Waals surface area contributed by atoms with Gasteiger partial charge in [0.2, 0.25) is 5.60 Å². The zero-order chi connectivity index (χ0) is 18.9. The van der Waals surface area contributed by atoms with Gasteiger partial charge in [-0.2, -0.15) is 0 Å². The van der Waals surface area contributed by atoms with E-state index in [1.165, 1.54) is 0 Å². The normalized spacial score (nSPS) is 18.3. The highest BCUT2D eigenvalue weighted by Gasteiger charge is 2.44. The van der Waals surface area contributed by atoms with Crippen molar-refractivity contribution >= 4 is 11.9 Å². The van der Waals surface area contributed by atoms with Crippen LogP contribution in [0.5, 0.6) is 5.75 Å². The van der Waals surface area contributed by atoms with Gasteiger partial charge in [-0.3, -0.25) is 0 Å². The molecule has 134 valence electrons. The van der Waals surface area contributed by atoms with E-state index in [0.717, 1.165) is 16.7 Å². The molecule has 0 saturated carbocycles. The Labute approximate surface area is 157 Å². The van der Waals surface area contributed by atoms with E-state index in [1.54, 1.807) is 31.2 Å². The molecule has 27 heavy (non-hydrogen) atoms. The largest absolute Gasteiger partial charge is 0.443 e. The van der Waals surface area contributed by atoms with Crippen molar-refractivity contribution in [2.24, 2.45) is 0 Å². The van der Waals surface area contributed by atoms with Gasteiger partial charge < -0.3 is 9.47 Å². The van der Waals surface area contributed by atoms with Crippen LogP contribution >= 0.6 is 0 Å². The van der Waals surface area contributed by atoms with Crippen LogP contribution in [-0.2, 0) is 16.0 Å². The molecule has 0 saturated heterocycles. The van der Waals surface area contributed by atoms with Crippen LogP contribution in [0.1, 0.15) is 22.8 Å². The monoisotopic (exact) mass is 358 g/mol. The Morgan fingerprint density at radius 1 is 0.889 bits per heavy atom. The SMILES string of the molecule is CC1(C(=O)Oc2ccc(-c3ccccc3)cc2)Cc2ccccc2C(=O)O1. The minimum atomic E-state index is -1.34. The van der Waals surface area contributed by atoms with E-state index < -0.39 is 17.5 Å². The quantitative estimate of drug-likeness (QED) is 0.513. The standard InChI is InChI=1S/C23H18O4/c1-23(15-18-9-5-6-10-20(18)21(24)27-23)22(25)26-19-13-11-17(12-14-19)16-7-3-2-4-8-16/h2-14H,15H2,1H3. The molecule has 4 heteroatoms. The molecule has 1 heterocycles. The molecule has 0 radical (unpaired) electrons. The molecule has 1 aliphatic heterocycles. The average molecular weight is 358 g/mol. The average Bonchev–Trinajstić information content (AvgIpc) is 2.69. The predicted octanol–water partition coefficient (Wildman–Crippen LogP) is 4.43. The zero-order valence-corrected chi connectivity index (χ0v) is 14.8. The Morgan fingerprint density at radius 3 is 2.26 bits per heavy atom. The third-order valence-corrected chi connectivity index (χ3v) is 4.69. The van der Waals surface area contributed by atoms with Gasteiger partial charge in [-0.05, 0) is 41.8 Å². The van der Waals surface area contributed by atoms with E-state index in [9.17, 15) is 9.59 Å². The first-order valence-corrected chi connectivity index (χ1v) is 8.74. The molecular formula is C23H18O4. The van der Waals surface area contributed by atoms with Gasteiger partial charge in [0, 0.05) is 6.42 Å². The molecule has 1 unspecified atom stereocenters. The van der Waals surface area contributed by atoms with Gasteiger partial charge in [-0.1, -0.05) is 60.7 Å². The van der Waals surface area contributed by atoms with E-state index in [1.807, 2.05) is 54.6 Å². The van der Waals surface area contributed by atoms with E-state index in [4.69, 9.17) is 9.47 Å². The Hall–Kier alpha value is -3.40. The highest BCUT2D eigenvalue weighted by atomic mass is 16.6. The number of benzene rings is 3. The molecule has 0 N–H and O–H groups in total. The van der Waals surface area contributed by atoms with Gasteiger partial charge in [0.1, 0.15) is 5.75 Å². The lowest BCUT2D eigenvalue weighted by Crippen LogP contribution is -2.48. The first kappa shape index (κ1) is 17.0. The van der Waals surface area contributed by atoms with Crippen LogP contribution in [0.25, 0.3) is 11.1 Å². The molecule has 1 aliphatic rings. The fourth-order valence-electron chi connectivity index (χ4n) is 3.21. The minimum Gasteiger partial charge on any atom is -0.443 e. The Kier molecular flexibility index (Phi) is 4.24. The van der Waals surface area contributed by atoms with Gasteiger partial charge in [0.15, 0.2) is 0 Å². The first-order chi connectivity index (χ1) is 13.0. The maximum Gasteiger partial charge on any atom is 0.356 e. The second kappa shape index (κ2) is 6.72. The number of fused-ring (bicyclic) bond motifs is 1. The van der Waals surface area contributed by atoms with Crippen molar-refractivity contribution in [2.75, 3.05) is 0 Å². The number of carbonyl (C=O) groups excluding carboxylic acids is 2. The fraction of sp³-hybridized carbons (Fsp3) is 0.130. The second-order valence-electron chi connectivity index (χ2n) is 6.73. The van der Waals surface area contributed by atoms with Crippen molar-refractivity contribution in [3.8, 4) is 16.9 Å². The Morgan fingerprint density at radius 2 is 1.52 bits per heavy atom. The number of ether oxygens (including phenoxy) is 2. The van der Waals surface area contributed by atoms with Crippen molar-refractivity contribution in [3.63, 3.8) is 0 Å². The molecule has 3 aromatic carbocycles. The highest BCUT2D eigenvalue weighted by Crippen LogP contribution is 2.30. The van der Waals surface area contributed by atoms with Gasteiger partial charge >= 0.3 is 11.9 Å². The lowest BCUT2D eigenvalue weighted by Gasteiger charge is -2.32. The smallest absolute Gasteiger partial charge is 0.356 e. The van der Waals surface area contributed by atoms with Crippen molar-refractivity contribution in [3.05, 3.63) is 90.0 Å². The molecule has 3 aromatic rings. The molecule has 0 aromatic heterocycles. The third kappa shape index (κ3) is 3.34. The third-order valence-electron chi connectivity index (χ3n) is 4.69. The Balaban J connectivity index is 1.52. The maximum absolute atomic E-state index is 12.7. The summed E-state index contributed by atoms with van der Waals surface area (Å²) >= 11 is 0. The number of esters is 2. The second-order valence-corrected chi connectivity index (χ2v) is 6.73. The molecule has 1 atom stereocenters. The van der Waals surface area contributed by atoms with E-state index in [-0.39, 0.29) is 6.42 Å². The van der Waals surface area contributed by atoms with E-state index >= 15 is 0 Å². The van der Waals surface area contributed by atoms with E-state index in [2.05, 4.69) is 0 Å².